The minimum absolute atomic E-state index is 0.0136. The molecule has 0 radical (unpaired) electrons. The number of halogens is 2. The van der Waals surface area contributed by atoms with Crippen molar-refractivity contribution >= 4 is 51.3 Å². The average molecular weight is 288 g/mol. The molecule has 0 aromatic carbocycles. The summed E-state index contributed by atoms with van der Waals surface area (Å²) in [6, 6.07) is 0. The number of thiazole rings is 1. The van der Waals surface area contributed by atoms with Gasteiger partial charge in [-0.15, -0.1) is 22.9 Å². The van der Waals surface area contributed by atoms with Crippen molar-refractivity contribution in [2.45, 2.75) is 0 Å². The second-order valence-corrected chi connectivity index (χ2v) is 4.46. The van der Waals surface area contributed by atoms with Gasteiger partial charge >= 0.3 is 0 Å². The quantitative estimate of drug-likeness (QED) is 0.474. The first kappa shape index (κ1) is 8.42. The minimum Gasteiger partial charge on any atom is -0.291 e. The highest BCUT2D eigenvalue weighted by atomic mass is 127. The van der Waals surface area contributed by atoms with E-state index in [1.807, 2.05) is 0 Å². The molecule has 54 valence electrons. The third-order valence-corrected chi connectivity index (χ3v) is 3.04. The first-order chi connectivity index (χ1) is 4.75. The number of rotatable bonds is 2. The van der Waals surface area contributed by atoms with Gasteiger partial charge in [-0.1, -0.05) is 0 Å². The van der Waals surface area contributed by atoms with E-state index >= 15 is 0 Å². The van der Waals surface area contributed by atoms with E-state index in [1.165, 1.54) is 11.3 Å². The summed E-state index contributed by atoms with van der Waals surface area (Å²) in [4.78, 5) is 14.8. The fourth-order valence-corrected chi connectivity index (χ4v) is 1.91. The van der Waals surface area contributed by atoms with E-state index in [0.717, 1.165) is 2.88 Å². The van der Waals surface area contributed by atoms with Gasteiger partial charge in [-0.2, -0.15) is 0 Å². The Balaban J connectivity index is 2.93. The number of hydrogen-bond donors (Lipinski definition) is 0. The van der Waals surface area contributed by atoms with E-state index in [-0.39, 0.29) is 11.7 Å². The lowest BCUT2D eigenvalue weighted by Crippen LogP contribution is -2.01. The third-order valence-electron chi connectivity index (χ3n) is 0.910. The highest BCUT2D eigenvalue weighted by molar-refractivity contribution is 14.1. The second-order valence-electron chi connectivity index (χ2n) is 1.53. The summed E-state index contributed by atoms with van der Waals surface area (Å²) in [5.41, 5.74) is 2.14. The molecule has 2 nitrogen and oxygen atoms in total. The Morgan fingerprint density at radius 3 is 3.00 bits per heavy atom. The Morgan fingerprint density at radius 1 is 1.90 bits per heavy atom. The molecule has 0 amide bonds. The number of hydrogen-bond acceptors (Lipinski definition) is 3. The summed E-state index contributed by atoms with van der Waals surface area (Å²) in [5, 5.41) is 0. The van der Waals surface area contributed by atoms with Crippen molar-refractivity contribution in [3.8, 4) is 0 Å². The van der Waals surface area contributed by atoms with Gasteiger partial charge in [0.25, 0.3) is 0 Å². The SMILES string of the molecule is O=C(CCl)c1ncsc1I. The highest BCUT2D eigenvalue weighted by Gasteiger charge is 2.10. The van der Waals surface area contributed by atoms with E-state index in [4.69, 9.17) is 11.6 Å². The van der Waals surface area contributed by atoms with Crippen LogP contribution in [0.2, 0.25) is 0 Å². The molecule has 1 heterocycles. The van der Waals surface area contributed by atoms with E-state index in [1.54, 1.807) is 5.51 Å². The second kappa shape index (κ2) is 3.64. The first-order valence-electron chi connectivity index (χ1n) is 2.44. The van der Waals surface area contributed by atoms with E-state index < -0.39 is 0 Å². The Bertz CT molecular complexity index is 250. The molecule has 0 atom stereocenters. The zero-order valence-corrected chi connectivity index (χ0v) is 8.53. The Kier molecular flexibility index (Phi) is 3.06. The maximum absolute atomic E-state index is 10.9. The molecule has 0 aliphatic rings. The molecule has 0 aliphatic heterocycles. The van der Waals surface area contributed by atoms with Gasteiger partial charge in [0.1, 0.15) is 5.69 Å². The van der Waals surface area contributed by atoms with Crippen LogP contribution in [0.15, 0.2) is 5.51 Å². The van der Waals surface area contributed by atoms with Crippen LogP contribution in [-0.2, 0) is 0 Å². The lowest BCUT2D eigenvalue weighted by molar-refractivity contribution is 0.101. The maximum Gasteiger partial charge on any atom is 0.197 e. The van der Waals surface area contributed by atoms with Gasteiger partial charge in [0, 0.05) is 0 Å². The molecule has 0 bridgehead atoms. The van der Waals surface area contributed by atoms with Crippen molar-refractivity contribution in [1.29, 1.82) is 0 Å². The molecule has 1 rings (SSSR count). The minimum atomic E-state index is -0.104. The van der Waals surface area contributed by atoms with Gasteiger partial charge in [0.15, 0.2) is 5.78 Å². The summed E-state index contributed by atoms with van der Waals surface area (Å²) in [7, 11) is 0. The van der Waals surface area contributed by atoms with Gasteiger partial charge in [0.05, 0.1) is 14.3 Å². The largest absolute Gasteiger partial charge is 0.291 e. The fourth-order valence-electron chi connectivity index (χ4n) is 0.477. The summed E-state index contributed by atoms with van der Waals surface area (Å²) in [5.74, 6) is -0.0907. The van der Waals surface area contributed by atoms with Crippen molar-refractivity contribution in [1.82, 2.24) is 4.98 Å². The van der Waals surface area contributed by atoms with Gasteiger partial charge in [0.2, 0.25) is 0 Å². The average Bonchev–Trinajstić information content (AvgIpc) is 2.34. The molecule has 1 aromatic rings. The summed E-state index contributed by atoms with van der Waals surface area (Å²) < 4.78 is 0.906. The first-order valence-corrected chi connectivity index (χ1v) is 4.93. The molecule has 0 spiro atoms. The highest BCUT2D eigenvalue weighted by Crippen LogP contribution is 2.16. The van der Waals surface area contributed by atoms with Crippen LogP contribution < -0.4 is 0 Å². The number of carbonyl (C=O) groups is 1. The summed E-state index contributed by atoms with van der Waals surface area (Å²) >= 11 is 8.84. The number of carbonyl (C=O) groups excluding carboxylic acids is 1. The van der Waals surface area contributed by atoms with Crippen LogP contribution in [0.5, 0.6) is 0 Å². The smallest absolute Gasteiger partial charge is 0.197 e. The molecular weight excluding hydrogens is 284 g/mol. The van der Waals surface area contributed by atoms with Crippen molar-refractivity contribution < 1.29 is 4.79 Å². The van der Waals surface area contributed by atoms with Crippen LogP contribution in [0, 0.1) is 2.88 Å². The molecule has 0 N–H and O–H groups in total. The Morgan fingerprint density at radius 2 is 2.60 bits per heavy atom. The lowest BCUT2D eigenvalue weighted by atomic mass is 10.4. The van der Waals surface area contributed by atoms with Gasteiger partial charge < -0.3 is 0 Å². The normalized spacial score (nSPS) is 9.80. The van der Waals surface area contributed by atoms with Gasteiger partial charge in [-0.05, 0) is 22.6 Å². The van der Waals surface area contributed by atoms with Crippen molar-refractivity contribution in [3.05, 3.63) is 14.1 Å². The molecule has 0 fully saturated rings. The molecule has 1 aromatic heterocycles. The molecule has 0 saturated heterocycles. The zero-order valence-electron chi connectivity index (χ0n) is 4.80. The zero-order chi connectivity index (χ0) is 7.56. The molecule has 5 heteroatoms. The third kappa shape index (κ3) is 1.67. The van der Waals surface area contributed by atoms with Crippen LogP contribution in [-0.4, -0.2) is 16.6 Å². The number of aromatic nitrogens is 1. The topological polar surface area (TPSA) is 30.0 Å². The van der Waals surface area contributed by atoms with Gasteiger partial charge in [-0.25, -0.2) is 4.98 Å². The van der Waals surface area contributed by atoms with E-state index in [9.17, 15) is 4.79 Å². The van der Waals surface area contributed by atoms with E-state index in [0.29, 0.717) is 5.69 Å². The van der Waals surface area contributed by atoms with Crippen LogP contribution >= 0.6 is 45.5 Å². The number of alkyl halides is 1. The van der Waals surface area contributed by atoms with Crippen LogP contribution in [0.3, 0.4) is 0 Å². The van der Waals surface area contributed by atoms with Crippen LogP contribution in [0.1, 0.15) is 10.5 Å². The number of nitrogens with zero attached hydrogens (tertiary/aromatic N) is 1. The molecule has 10 heavy (non-hydrogen) atoms. The number of ketones is 1. The predicted octanol–water partition coefficient (Wildman–Crippen LogP) is 2.17. The number of Topliss-reactive ketones (excluding diaryl/α,β-unsaturated/α-hetero) is 1. The fraction of sp³-hybridized carbons (Fsp3) is 0.200. The van der Waals surface area contributed by atoms with Crippen molar-refractivity contribution in [2.24, 2.45) is 0 Å². The van der Waals surface area contributed by atoms with Crippen molar-refractivity contribution in [3.63, 3.8) is 0 Å². The van der Waals surface area contributed by atoms with Crippen molar-refractivity contribution in [2.75, 3.05) is 5.88 Å². The van der Waals surface area contributed by atoms with Crippen LogP contribution in [0.25, 0.3) is 0 Å². The molecule has 0 saturated carbocycles. The Hall–Kier alpha value is 0.320. The molecule has 0 aliphatic carbocycles. The maximum atomic E-state index is 10.9. The van der Waals surface area contributed by atoms with Gasteiger partial charge in [-0.3, -0.25) is 4.79 Å². The summed E-state index contributed by atoms with van der Waals surface area (Å²) in [6.45, 7) is 0. The molecular formula is C5H3ClINOS. The lowest BCUT2D eigenvalue weighted by Gasteiger charge is -1.88. The Labute approximate surface area is 80.7 Å². The molecule has 0 unspecified atom stereocenters. The summed E-state index contributed by atoms with van der Waals surface area (Å²) in [6.07, 6.45) is 0. The monoisotopic (exact) mass is 287 g/mol. The van der Waals surface area contributed by atoms with Crippen LogP contribution in [0.4, 0.5) is 0 Å². The van der Waals surface area contributed by atoms with E-state index in [2.05, 4.69) is 27.6 Å². The standard InChI is InChI=1S/C5H3ClINOS/c6-1-3(9)4-5(7)10-2-8-4/h2H,1H2. The predicted molar refractivity (Wildman–Crippen MR) is 49.9 cm³/mol.